The lowest BCUT2D eigenvalue weighted by Crippen LogP contribution is -2.04. The molecular weight excluding hydrogens is 371 g/mol. The van der Waals surface area contributed by atoms with Gasteiger partial charge in [-0.2, -0.15) is 0 Å². The molecule has 1 aliphatic carbocycles. The molecule has 152 valence electrons. The summed E-state index contributed by atoms with van der Waals surface area (Å²) in [6, 6.07) is 20.5. The van der Waals surface area contributed by atoms with Crippen molar-refractivity contribution in [3.63, 3.8) is 0 Å². The van der Waals surface area contributed by atoms with Crippen molar-refractivity contribution in [2.45, 2.75) is 26.7 Å². The van der Waals surface area contributed by atoms with Crippen molar-refractivity contribution in [2.24, 2.45) is 5.92 Å². The highest BCUT2D eigenvalue weighted by atomic mass is 19.1. The minimum Gasteiger partial charge on any atom is -0.396 e. The molecule has 0 saturated heterocycles. The molecule has 0 aromatic heterocycles. The van der Waals surface area contributed by atoms with Crippen LogP contribution in [0.25, 0.3) is 27.8 Å². The van der Waals surface area contributed by atoms with E-state index in [9.17, 15) is 9.50 Å². The van der Waals surface area contributed by atoms with Crippen LogP contribution in [0, 0.1) is 18.7 Å². The van der Waals surface area contributed by atoms with Crippen molar-refractivity contribution in [3.8, 4) is 22.3 Å². The lowest BCUT2D eigenvalue weighted by Gasteiger charge is -2.15. The molecule has 3 aromatic carbocycles. The molecule has 4 rings (SSSR count). The smallest absolute Gasteiger partial charge is 0.127 e. The van der Waals surface area contributed by atoms with Crippen molar-refractivity contribution in [3.05, 3.63) is 101 Å². The topological polar surface area (TPSA) is 20.2 Å². The molecule has 0 fully saturated rings. The molecule has 0 spiro atoms. The summed E-state index contributed by atoms with van der Waals surface area (Å²) in [5, 5.41) is 9.32. The lowest BCUT2D eigenvalue weighted by atomic mass is 9.91. The van der Waals surface area contributed by atoms with Gasteiger partial charge in [-0.05, 0) is 82.5 Å². The first kappa shape index (κ1) is 20.3. The van der Waals surface area contributed by atoms with Crippen LogP contribution in [0.15, 0.2) is 78.9 Å². The molecule has 0 heterocycles. The summed E-state index contributed by atoms with van der Waals surface area (Å²) in [4.78, 5) is 0. The average Bonchev–Trinajstić information content (AvgIpc) is 2.79. The molecule has 0 aliphatic heterocycles. The highest BCUT2D eigenvalue weighted by molar-refractivity contribution is 5.80. The SMILES string of the molecule is CCc1c(C)cc(-c2cccc(-c3cccc(C4=CCC(CO)C=C4)c3)c2)cc1F. The van der Waals surface area contributed by atoms with Gasteiger partial charge in [-0.15, -0.1) is 0 Å². The number of hydrogen-bond donors (Lipinski definition) is 1. The van der Waals surface area contributed by atoms with Gasteiger partial charge in [0.2, 0.25) is 0 Å². The number of hydrogen-bond acceptors (Lipinski definition) is 1. The maximum atomic E-state index is 14.5. The monoisotopic (exact) mass is 398 g/mol. The molecule has 1 nitrogen and oxygen atoms in total. The summed E-state index contributed by atoms with van der Waals surface area (Å²) < 4.78 is 14.5. The Labute approximate surface area is 178 Å². The van der Waals surface area contributed by atoms with Crippen LogP contribution in [-0.2, 0) is 6.42 Å². The summed E-state index contributed by atoms with van der Waals surface area (Å²) in [5.74, 6) is 0.0914. The van der Waals surface area contributed by atoms with E-state index in [2.05, 4.69) is 60.7 Å². The summed E-state index contributed by atoms with van der Waals surface area (Å²) in [6.45, 7) is 4.15. The molecule has 0 saturated carbocycles. The Morgan fingerprint density at radius 2 is 1.53 bits per heavy atom. The Balaban J connectivity index is 1.67. The Morgan fingerprint density at radius 1 is 0.900 bits per heavy atom. The van der Waals surface area contributed by atoms with Crippen molar-refractivity contribution in [1.82, 2.24) is 0 Å². The number of halogens is 1. The first-order valence-electron chi connectivity index (χ1n) is 10.6. The normalized spacial score (nSPS) is 15.9. The second kappa shape index (κ2) is 8.81. The maximum Gasteiger partial charge on any atom is 0.127 e. The molecule has 0 bridgehead atoms. The summed E-state index contributed by atoms with van der Waals surface area (Å²) >= 11 is 0. The second-order valence-electron chi connectivity index (χ2n) is 7.97. The van der Waals surface area contributed by atoms with Crippen LogP contribution < -0.4 is 0 Å². The van der Waals surface area contributed by atoms with Crippen LogP contribution in [-0.4, -0.2) is 11.7 Å². The van der Waals surface area contributed by atoms with Gasteiger partial charge in [-0.1, -0.05) is 67.6 Å². The van der Waals surface area contributed by atoms with E-state index in [-0.39, 0.29) is 18.3 Å². The number of rotatable bonds is 5. The molecule has 1 atom stereocenters. The Kier molecular flexibility index (Phi) is 5.96. The number of aliphatic hydroxyl groups is 1. The highest BCUT2D eigenvalue weighted by Crippen LogP contribution is 2.31. The third-order valence-corrected chi connectivity index (χ3v) is 5.92. The molecule has 2 heteroatoms. The average molecular weight is 399 g/mol. The zero-order chi connectivity index (χ0) is 21.1. The van der Waals surface area contributed by atoms with Crippen LogP contribution in [0.5, 0.6) is 0 Å². The van der Waals surface area contributed by atoms with Gasteiger partial charge in [-0.3, -0.25) is 0 Å². The third-order valence-electron chi connectivity index (χ3n) is 5.92. The van der Waals surface area contributed by atoms with Gasteiger partial charge in [0, 0.05) is 12.5 Å². The largest absolute Gasteiger partial charge is 0.396 e. The molecule has 0 radical (unpaired) electrons. The summed E-state index contributed by atoms with van der Waals surface area (Å²) in [7, 11) is 0. The highest BCUT2D eigenvalue weighted by Gasteiger charge is 2.11. The zero-order valence-corrected chi connectivity index (χ0v) is 17.5. The standard InChI is InChI=1S/C28H27FO/c1-3-27-19(2)14-26(17-28(27)29)25-9-5-8-24(16-25)23-7-4-6-22(15-23)21-12-10-20(18-30)11-13-21/h4-10,12-17,20,30H,3,11,18H2,1-2H3. The van der Waals surface area contributed by atoms with E-state index >= 15 is 0 Å². The first-order valence-corrected chi connectivity index (χ1v) is 10.6. The zero-order valence-electron chi connectivity index (χ0n) is 17.5. The van der Waals surface area contributed by atoms with Gasteiger partial charge in [-0.25, -0.2) is 4.39 Å². The maximum absolute atomic E-state index is 14.5. The molecule has 3 aromatic rings. The van der Waals surface area contributed by atoms with E-state index in [1.54, 1.807) is 6.07 Å². The van der Waals surface area contributed by atoms with Gasteiger partial charge in [0.1, 0.15) is 5.82 Å². The van der Waals surface area contributed by atoms with Gasteiger partial charge < -0.3 is 5.11 Å². The van der Waals surface area contributed by atoms with Crippen molar-refractivity contribution < 1.29 is 9.50 Å². The molecule has 30 heavy (non-hydrogen) atoms. The van der Waals surface area contributed by atoms with Crippen LogP contribution >= 0.6 is 0 Å². The van der Waals surface area contributed by atoms with Crippen LogP contribution in [0.1, 0.15) is 30.0 Å². The molecule has 1 N–H and O–H groups in total. The van der Waals surface area contributed by atoms with Gasteiger partial charge in [0.15, 0.2) is 0 Å². The van der Waals surface area contributed by atoms with Crippen LogP contribution in [0.2, 0.25) is 0 Å². The molecule has 1 unspecified atom stereocenters. The quantitative estimate of drug-likeness (QED) is 0.491. The van der Waals surface area contributed by atoms with E-state index in [0.717, 1.165) is 39.8 Å². The summed E-state index contributed by atoms with van der Waals surface area (Å²) in [5.41, 5.74) is 8.32. The summed E-state index contributed by atoms with van der Waals surface area (Å²) in [6.07, 6.45) is 7.94. The Bertz CT molecular complexity index is 1100. The first-order chi connectivity index (χ1) is 14.6. The van der Waals surface area contributed by atoms with E-state index < -0.39 is 0 Å². The Hall–Kier alpha value is -2.97. The second-order valence-corrected chi connectivity index (χ2v) is 7.97. The fourth-order valence-corrected chi connectivity index (χ4v) is 4.16. The number of aryl methyl sites for hydroxylation is 1. The van der Waals surface area contributed by atoms with E-state index in [1.165, 1.54) is 11.1 Å². The third kappa shape index (κ3) is 4.15. The van der Waals surface area contributed by atoms with Gasteiger partial charge >= 0.3 is 0 Å². The van der Waals surface area contributed by atoms with E-state index in [0.29, 0.717) is 6.42 Å². The molecule has 0 amide bonds. The van der Waals surface area contributed by atoms with Crippen molar-refractivity contribution in [2.75, 3.05) is 6.61 Å². The number of benzene rings is 3. The van der Waals surface area contributed by atoms with Crippen LogP contribution in [0.3, 0.4) is 0 Å². The van der Waals surface area contributed by atoms with Crippen LogP contribution in [0.4, 0.5) is 4.39 Å². The molecular formula is C28H27FO. The molecule has 1 aliphatic rings. The number of aliphatic hydroxyl groups excluding tert-OH is 1. The lowest BCUT2D eigenvalue weighted by molar-refractivity contribution is 0.253. The van der Waals surface area contributed by atoms with Crippen molar-refractivity contribution >= 4 is 5.57 Å². The van der Waals surface area contributed by atoms with E-state index in [1.807, 2.05) is 26.0 Å². The fraction of sp³-hybridized carbons (Fsp3) is 0.214. The minimum absolute atomic E-state index is 0.128. The predicted octanol–water partition coefficient (Wildman–Crippen LogP) is 6.98. The predicted molar refractivity (Wildman–Crippen MR) is 124 cm³/mol. The Morgan fingerprint density at radius 3 is 2.10 bits per heavy atom. The van der Waals surface area contributed by atoms with Gasteiger partial charge in [0.25, 0.3) is 0 Å². The van der Waals surface area contributed by atoms with E-state index in [4.69, 9.17) is 0 Å². The number of allylic oxidation sites excluding steroid dienone is 3. The van der Waals surface area contributed by atoms with Crippen molar-refractivity contribution in [1.29, 1.82) is 0 Å². The fourth-order valence-electron chi connectivity index (χ4n) is 4.16. The van der Waals surface area contributed by atoms with Gasteiger partial charge in [0.05, 0.1) is 0 Å². The minimum atomic E-state index is -0.128.